The summed E-state index contributed by atoms with van der Waals surface area (Å²) in [4.78, 5) is 51.5. The minimum Gasteiger partial charge on any atom is -0.439 e. The number of fused-ring (bicyclic) bond motifs is 2. The number of nitrogens with one attached hydrogen (secondary N) is 2. The third kappa shape index (κ3) is 9.96. The highest BCUT2D eigenvalue weighted by molar-refractivity contribution is 6.23. The normalized spacial score (nSPS) is 31.6. The molecule has 0 unspecified atom stereocenters. The highest BCUT2D eigenvalue weighted by Gasteiger charge is 2.33. The summed E-state index contributed by atoms with van der Waals surface area (Å²) >= 11 is 0. The van der Waals surface area contributed by atoms with Crippen molar-refractivity contribution in [3.05, 3.63) is 58.5 Å². The number of nitrogens with two attached hydrogens (primary N) is 1. The number of allylic oxidation sites excluding steroid dienone is 4. The van der Waals surface area contributed by atoms with Crippen LogP contribution in [0.2, 0.25) is 0 Å². The zero-order chi connectivity index (χ0) is 33.1. The lowest BCUT2D eigenvalue weighted by molar-refractivity contribution is -0.120. The number of aliphatic hydroxyl groups is 3. The molecule has 2 rings (SSSR count). The van der Waals surface area contributed by atoms with Crippen molar-refractivity contribution < 1.29 is 48.7 Å². The second-order valence-corrected chi connectivity index (χ2v) is 11.1. The van der Waals surface area contributed by atoms with Crippen LogP contribution in [0, 0.1) is 11.8 Å². The molecule has 1 heterocycles. The van der Waals surface area contributed by atoms with Gasteiger partial charge in [-0.1, -0.05) is 38.2 Å². The summed E-state index contributed by atoms with van der Waals surface area (Å²) < 4.78 is 16.5. The number of primary amides is 1. The SMILES string of the molecule is CO[C@H]1/C=C\C=C(\C)C(=O)NC2=CC(=O)C(NC[C@H](O)CO)=C(C[C@@H](C)C[C@H](OC)[C@H](O)[C@@H](C)/C=C(/C)[C@@H]1OC(N)=O)C2=O. The third-order valence-corrected chi connectivity index (χ3v) is 7.52. The molecular formula is C31H45N3O10. The largest absolute Gasteiger partial charge is 0.439 e. The molecule has 7 N–H and O–H groups in total. The molecule has 0 aromatic rings. The van der Waals surface area contributed by atoms with Crippen molar-refractivity contribution >= 4 is 23.6 Å². The van der Waals surface area contributed by atoms with Crippen LogP contribution in [0.1, 0.15) is 40.5 Å². The van der Waals surface area contributed by atoms with Gasteiger partial charge in [0, 0.05) is 43.9 Å². The van der Waals surface area contributed by atoms with Gasteiger partial charge in [0.25, 0.3) is 5.91 Å². The summed E-state index contributed by atoms with van der Waals surface area (Å²) in [5.41, 5.74) is 5.92. The standard InChI is InChI=1S/C31H45N3O10/c1-16-10-21-26(33-14-20(36)15-35)23(37)13-22(28(21)39)34-30(40)17(2)8-7-9-24(42-5)29(44-31(32)41)19(4)12-18(3)27(38)25(11-16)43-6/h7-9,12-13,16,18,20,24-25,27,29,33,35-36,38H,10-11,14-15H2,1-6H3,(H2,32,41)(H,34,40)/b9-7-,17-8-,19-12-/t16-,18+,20+,24+,25+,27-,29+/m1/s1. The van der Waals surface area contributed by atoms with Gasteiger partial charge in [-0.05, 0) is 38.2 Å². The number of methoxy groups -OCH3 is 2. The van der Waals surface area contributed by atoms with Crippen LogP contribution in [-0.2, 0) is 28.6 Å². The van der Waals surface area contributed by atoms with E-state index in [-0.39, 0.29) is 47.8 Å². The summed E-state index contributed by atoms with van der Waals surface area (Å²) in [6.07, 6.45) is 2.00. The Hall–Kier alpha value is -3.62. The van der Waals surface area contributed by atoms with Crippen LogP contribution >= 0.6 is 0 Å². The van der Waals surface area contributed by atoms with Crippen molar-refractivity contribution in [2.45, 2.75) is 71.1 Å². The predicted octanol–water partition coefficient (Wildman–Crippen LogP) is 0.705. The van der Waals surface area contributed by atoms with Gasteiger partial charge >= 0.3 is 6.09 Å². The van der Waals surface area contributed by atoms with Gasteiger partial charge in [0.05, 0.1) is 36.3 Å². The number of hydrogen-bond donors (Lipinski definition) is 6. The van der Waals surface area contributed by atoms with Crippen LogP contribution in [0.3, 0.4) is 0 Å². The van der Waals surface area contributed by atoms with Crippen molar-refractivity contribution in [3.63, 3.8) is 0 Å². The zero-order valence-corrected chi connectivity index (χ0v) is 26.0. The third-order valence-electron chi connectivity index (χ3n) is 7.52. The van der Waals surface area contributed by atoms with Crippen molar-refractivity contribution in [1.29, 1.82) is 0 Å². The van der Waals surface area contributed by atoms with E-state index in [0.29, 0.717) is 5.57 Å². The maximum atomic E-state index is 13.6. The number of aliphatic hydroxyl groups excluding tert-OH is 3. The number of carbonyl (C=O) groups is 4. The van der Waals surface area contributed by atoms with E-state index in [1.807, 2.05) is 6.92 Å². The molecule has 0 spiro atoms. The Morgan fingerprint density at radius 1 is 1.18 bits per heavy atom. The maximum absolute atomic E-state index is 13.6. The van der Waals surface area contributed by atoms with E-state index >= 15 is 0 Å². The molecule has 1 aliphatic heterocycles. The van der Waals surface area contributed by atoms with Crippen LogP contribution in [0.25, 0.3) is 0 Å². The topological polar surface area (TPSA) is 207 Å². The second kappa shape index (κ2) is 17.0. The van der Waals surface area contributed by atoms with Gasteiger partial charge in [-0.2, -0.15) is 0 Å². The van der Waals surface area contributed by atoms with E-state index in [9.17, 15) is 34.5 Å². The molecule has 0 saturated carbocycles. The van der Waals surface area contributed by atoms with E-state index in [2.05, 4.69) is 10.6 Å². The Balaban J connectivity index is 2.62. The first-order valence-electron chi connectivity index (χ1n) is 14.3. The average molecular weight is 620 g/mol. The van der Waals surface area contributed by atoms with E-state index in [4.69, 9.17) is 19.9 Å². The quantitative estimate of drug-likeness (QED) is 0.173. The fourth-order valence-corrected chi connectivity index (χ4v) is 5.06. The van der Waals surface area contributed by atoms with Crippen molar-refractivity contribution in [2.24, 2.45) is 17.6 Å². The highest BCUT2D eigenvalue weighted by atomic mass is 16.6. The monoisotopic (exact) mass is 619 g/mol. The average Bonchev–Trinajstić information content (AvgIpc) is 2.97. The fraction of sp³-hybridized carbons (Fsp3) is 0.548. The molecule has 13 heteroatoms. The van der Waals surface area contributed by atoms with Gasteiger partial charge in [0.2, 0.25) is 11.6 Å². The van der Waals surface area contributed by atoms with E-state index in [0.717, 1.165) is 6.08 Å². The Bertz CT molecular complexity index is 1230. The second-order valence-electron chi connectivity index (χ2n) is 11.1. The van der Waals surface area contributed by atoms with Gasteiger partial charge < -0.3 is 45.9 Å². The summed E-state index contributed by atoms with van der Waals surface area (Å²) in [5, 5.41) is 35.6. The summed E-state index contributed by atoms with van der Waals surface area (Å²) in [7, 11) is 2.86. The van der Waals surface area contributed by atoms with Crippen LogP contribution < -0.4 is 16.4 Å². The van der Waals surface area contributed by atoms with Crippen LogP contribution in [0.4, 0.5) is 4.79 Å². The fourth-order valence-electron chi connectivity index (χ4n) is 5.06. The predicted molar refractivity (Wildman–Crippen MR) is 161 cm³/mol. The Morgan fingerprint density at radius 2 is 1.86 bits per heavy atom. The molecule has 44 heavy (non-hydrogen) atoms. The number of ether oxygens (including phenoxy) is 3. The number of rotatable bonds is 7. The van der Waals surface area contributed by atoms with Gasteiger partial charge in [0.15, 0.2) is 6.10 Å². The van der Waals surface area contributed by atoms with E-state index in [1.165, 1.54) is 33.3 Å². The van der Waals surface area contributed by atoms with Gasteiger partial charge in [-0.25, -0.2) is 4.79 Å². The Morgan fingerprint density at radius 3 is 2.45 bits per heavy atom. The van der Waals surface area contributed by atoms with Gasteiger partial charge in [0.1, 0.15) is 6.10 Å². The van der Waals surface area contributed by atoms with Crippen molar-refractivity contribution in [3.8, 4) is 0 Å². The molecule has 0 aromatic carbocycles. The lowest BCUT2D eigenvalue weighted by Gasteiger charge is -2.30. The van der Waals surface area contributed by atoms with Crippen molar-refractivity contribution in [1.82, 2.24) is 10.6 Å². The van der Waals surface area contributed by atoms with E-state index < -0.39 is 66.6 Å². The molecule has 244 valence electrons. The lowest BCUT2D eigenvalue weighted by atomic mass is 9.85. The van der Waals surface area contributed by atoms with Crippen LogP contribution in [0.5, 0.6) is 0 Å². The number of hydrogen-bond acceptors (Lipinski definition) is 11. The number of carbonyl (C=O) groups excluding carboxylic acids is 4. The van der Waals surface area contributed by atoms with Crippen LogP contribution in [-0.4, -0.2) is 96.8 Å². The molecule has 2 bridgehead atoms. The minimum absolute atomic E-state index is 0.0408. The van der Waals surface area contributed by atoms with Gasteiger partial charge in [-0.15, -0.1) is 0 Å². The molecule has 0 saturated heterocycles. The zero-order valence-electron chi connectivity index (χ0n) is 26.0. The number of ketones is 2. The molecule has 0 radical (unpaired) electrons. The number of Topliss-reactive ketones (excluding diaryl/α,β-unsaturated/α-hetero) is 1. The molecule has 13 nitrogen and oxygen atoms in total. The highest BCUT2D eigenvalue weighted by Crippen LogP contribution is 2.29. The van der Waals surface area contributed by atoms with E-state index in [1.54, 1.807) is 26.0 Å². The molecular weight excluding hydrogens is 574 g/mol. The maximum Gasteiger partial charge on any atom is 0.405 e. The Labute approximate surface area is 257 Å². The summed E-state index contributed by atoms with van der Waals surface area (Å²) in [5.74, 6) is -2.58. The first-order chi connectivity index (χ1) is 20.7. The smallest absolute Gasteiger partial charge is 0.405 e. The summed E-state index contributed by atoms with van der Waals surface area (Å²) in [6.45, 7) is 6.09. The first-order valence-corrected chi connectivity index (χ1v) is 14.3. The Kier molecular flexibility index (Phi) is 14.1. The molecule has 0 fully saturated rings. The van der Waals surface area contributed by atoms with Crippen molar-refractivity contribution in [2.75, 3.05) is 27.4 Å². The molecule has 2 aliphatic rings. The van der Waals surface area contributed by atoms with Crippen LogP contribution in [0.15, 0.2) is 58.5 Å². The molecule has 0 aromatic heterocycles. The first kappa shape index (κ1) is 36.6. The molecule has 7 atom stereocenters. The lowest BCUT2D eigenvalue weighted by Crippen LogP contribution is -2.39. The molecule has 1 aliphatic carbocycles. The number of amides is 2. The molecule has 2 amide bonds. The van der Waals surface area contributed by atoms with Gasteiger partial charge in [-0.3, -0.25) is 14.4 Å². The summed E-state index contributed by atoms with van der Waals surface area (Å²) in [6, 6.07) is 0. The minimum atomic E-state index is -1.17.